The third-order valence-corrected chi connectivity index (χ3v) is 3.98. The fourth-order valence-corrected chi connectivity index (χ4v) is 2.59. The SMILES string of the molecule is CCC(C)CN(C)c1ccc(Br)cc1CBr. The van der Waals surface area contributed by atoms with Gasteiger partial charge in [-0.2, -0.15) is 0 Å². The van der Waals surface area contributed by atoms with E-state index in [-0.39, 0.29) is 0 Å². The van der Waals surface area contributed by atoms with Gasteiger partial charge in [-0.1, -0.05) is 52.1 Å². The van der Waals surface area contributed by atoms with Crippen LogP contribution in [0.25, 0.3) is 0 Å². The van der Waals surface area contributed by atoms with Crippen LogP contribution in [0.15, 0.2) is 22.7 Å². The third kappa shape index (κ3) is 3.77. The molecule has 1 aromatic rings. The molecular weight excluding hydrogens is 330 g/mol. The van der Waals surface area contributed by atoms with Crippen molar-refractivity contribution in [1.29, 1.82) is 0 Å². The normalized spacial score (nSPS) is 12.6. The first-order valence-electron chi connectivity index (χ1n) is 5.64. The van der Waals surface area contributed by atoms with Gasteiger partial charge in [-0.25, -0.2) is 0 Å². The molecule has 0 radical (unpaired) electrons. The van der Waals surface area contributed by atoms with Crippen LogP contribution in [0, 0.1) is 5.92 Å². The zero-order valence-electron chi connectivity index (χ0n) is 10.1. The number of hydrogen-bond acceptors (Lipinski definition) is 1. The Morgan fingerprint density at radius 2 is 2.06 bits per heavy atom. The predicted octanol–water partition coefficient (Wildman–Crippen LogP) is 4.83. The van der Waals surface area contributed by atoms with Gasteiger partial charge in [0.1, 0.15) is 0 Å². The van der Waals surface area contributed by atoms with Crippen LogP contribution in [0.1, 0.15) is 25.8 Å². The Balaban J connectivity index is 2.85. The second-order valence-corrected chi connectivity index (χ2v) is 5.78. The summed E-state index contributed by atoms with van der Waals surface area (Å²) in [6.45, 7) is 5.65. The minimum absolute atomic E-state index is 0.733. The first-order valence-corrected chi connectivity index (χ1v) is 7.55. The van der Waals surface area contributed by atoms with Crippen molar-refractivity contribution >= 4 is 37.5 Å². The molecule has 1 atom stereocenters. The Morgan fingerprint density at radius 1 is 1.38 bits per heavy atom. The molecule has 1 aromatic carbocycles. The standard InChI is InChI=1S/C13H19Br2N/c1-4-10(2)9-16(3)13-6-5-12(15)7-11(13)8-14/h5-7,10H,4,8-9H2,1-3H3. The smallest absolute Gasteiger partial charge is 0.0405 e. The molecule has 0 spiro atoms. The molecule has 0 saturated carbocycles. The molecule has 3 heteroatoms. The van der Waals surface area contributed by atoms with Gasteiger partial charge >= 0.3 is 0 Å². The molecule has 0 heterocycles. The average Bonchev–Trinajstić information content (AvgIpc) is 2.28. The number of hydrogen-bond donors (Lipinski definition) is 0. The van der Waals surface area contributed by atoms with E-state index in [2.05, 4.69) is 75.9 Å². The summed E-state index contributed by atoms with van der Waals surface area (Å²) in [5.74, 6) is 0.733. The van der Waals surface area contributed by atoms with Gasteiger partial charge in [-0.05, 0) is 29.7 Å². The van der Waals surface area contributed by atoms with Crippen LogP contribution in [0.3, 0.4) is 0 Å². The molecule has 0 aliphatic carbocycles. The highest BCUT2D eigenvalue weighted by molar-refractivity contribution is 9.10. The number of alkyl halides is 1. The van der Waals surface area contributed by atoms with E-state index in [9.17, 15) is 0 Å². The topological polar surface area (TPSA) is 3.24 Å². The molecule has 0 aromatic heterocycles. The summed E-state index contributed by atoms with van der Waals surface area (Å²) in [5.41, 5.74) is 2.65. The van der Waals surface area contributed by atoms with Gasteiger partial charge in [0.15, 0.2) is 0 Å². The number of anilines is 1. The molecule has 0 bridgehead atoms. The maximum atomic E-state index is 3.55. The van der Waals surface area contributed by atoms with Crippen molar-refractivity contribution < 1.29 is 0 Å². The highest BCUT2D eigenvalue weighted by Crippen LogP contribution is 2.26. The van der Waals surface area contributed by atoms with Crippen molar-refractivity contribution in [2.24, 2.45) is 5.92 Å². The monoisotopic (exact) mass is 347 g/mol. The number of halogens is 2. The number of nitrogens with zero attached hydrogens (tertiary/aromatic N) is 1. The lowest BCUT2D eigenvalue weighted by molar-refractivity contribution is 0.559. The first-order chi connectivity index (χ1) is 7.58. The largest absolute Gasteiger partial charge is 0.374 e. The van der Waals surface area contributed by atoms with Gasteiger partial charge in [0, 0.05) is 29.1 Å². The van der Waals surface area contributed by atoms with Crippen LogP contribution in [-0.4, -0.2) is 13.6 Å². The zero-order chi connectivity index (χ0) is 12.1. The fourth-order valence-electron chi connectivity index (χ4n) is 1.73. The molecule has 1 unspecified atom stereocenters. The van der Waals surface area contributed by atoms with Gasteiger partial charge in [0.25, 0.3) is 0 Å². The summed E-state index contributed by atoms with van der Waals surface area (Å²) in [4.78, 5) is 2.34. The van der Waals surface area contributed by atoms with E-state index in [4.69, 9.17) is 0 Å². The lowest BCUT2D eigenvalue weighted by atomic mass is 10.1. The van der Waals surface area contributed by atoms with E-state index in [1.54, 1.807) is 0 Å². The highest BCUT2D eigenvalue weighted by Gasteiger charge is 2.09. The number of benzene rings is 1. The quantitative estimate of drug-likeness (QED) is 0.689. The second-order valence-electron chi connectivity index (χ2n) is 4.30. The molecule has 0 aliphatic rings. The summed E-state index contributed by atoms with van der Waals surface area (Å²) in [7, 11) is 2.17. The van der Waals surface area contributed by atoms with E-state index in [1.165, 1.54) is 17.7 Å². The highest BCUT2D eigenvalue weighted by atomic mass is 79.9. The van der Waals surface area contributed by atoms with Crippen molar-refractivity contribution in [2.75, 3.05) is 18.5 Å². The van der Waals surface area contributed by atoms with Crippen LogP contribution >= 0.6 is 31.9 Å². The maximum Gasteiger partial charge on any atom is 0.0405 e. The van der Waals surface area contributed by atoms with Gasteiger partial charge < -0.3 is 4.90 Å². The van der Waals surface area contributed by atoms with Crippen molar-refractivity contribution in [3.8, 4) is 0 Å². The van der Waals surface area contributed by atoms with Crippen LogP contribution < -0.4 is 4.90 Å². The molecule has 1 nitrogen and oxygen atoms in total. The van der Waals surface area contributed by atoms with E-state index in [1.807, 2.05) is 0 Å². The molecule has 16 heavy (non-hydrogen) atoms. The summed E-state index contributed by atoms with van der Waals surface area (Å²) in [5, 5.41) is 0.895. The predicted molar refractivity (Wildman–Crippen MR) is 79.5 cm³/mol. The van der Waals surface area contributed by atoms with Crippen molar-refractivity contribution in [3.05, 3.63) is 28.2 Å². The van der Waals surface area contributed by atoms with Crippen LogP contribution in [0.4, 0.5) is 5.69 Å². The van der Waals surface area contributed by atoms with Gasteiger partial charge in [-0.3, -0.25) is 0 Å². The minimum atomic E-state index is 0.733. The summed E-state index contributed by atoms with van der Waals surface area (Å²) in [6.07, 6.45) is 1.23. The van der Waals surface area contributed by atoms with Gasteiger partial charge in [0.05, 0.1) is 0 Å². The van der Waals surface area contributed by atoms with E-state index in [0.29, 0.717) is 0 Å². The van der Waals surface area contributed by atoms with E-state index >= 15 is 0 Å². The van der Waals surface area contributed by atoms with E-state index in [0.717, 1.165) is 22.3 Å². The molecule has 0 saturated heterocycles. The molecule has 0 amide bonds. The summed E-state index contributed by atoms with van der Waals surface area (Å²) >= 11 is 7.06. The zero-order valence-corrected chi connectivity index (χ0v) is 13.3. The van der Waals surface area contributed by atoms with Crippen molar-refractivity contribution in [1.82, 2.24) is 0 Å². The Morgan fingerprint density at radius 3 is 2.62 bits per heavy atom. The molecule has 1 rings (SSSR count). The van der Waals surface area contributed by atoms with Gasteiger partial charge in [-0.15, -0.1) is 0 Å². The Kier molecular flexibility index (Phi) is 5.84. The Labute approximate surface area is 115 Å². The fraction of sp³-hybridized carbons (Fsp3) is 0.538. The Hall–Kier alpha value is -0.0200. The first kappa shape index (κ1) is 14.0. The lowest BCUT2D eigenvalue weighted by Crippen LogP contribution is -2.24. The second kappa shape index (κ2) is 6.65. The lowest BCUT2D eigenvalue weighted by Gasteiger charge is -2.25. The van der Waals surface area contributed by atoms with Crippen molar-refractivity contribution in [2.45, 2.75) is 25.6 Å². The van der Waals surface area contributed by atoms with E-state index < -0.39 is 0 Å². The number of rotatable bonds is 5. The third-order valence-electron chi connectivity index (χ3n) is 2.88. The molecule has 90 valence electrons. The molecular formula is C13H19Br2N. The van der Waals surface area contributed by atoms with Crippen molar-refractivity contribution in [3.63, 3.8) is 0 Å². The molecule has 0 fully saturated rings. The van der Waals surface area contributed by atoms with Crippen LogP contribution in [-0.2, 0) is 5.33 Å². The van der Waals surface area contributed by atoms with Gasteiger partial charge in [0.2, 0.25) is 0 Å². The minimum Gasteiger partial charge on any atom is -0.374 e. The average molecular weight is 349 g/mol. The van der Waals surface area contributed by atoms with Crippen LogP contribution in [0.2, 0.25) is 0 Å². The summed E-state index contributed by atoms with van der Waals surface area (Å²) in [6, 6.07) is 6.47. The van der Waals surface area contributed by atoms with Crippen LogP contribution in [0.5, 0.6) is 0 Å². The summed E-state index contributed by atoms with van der Waals surface area (Å²) < 4.78 is 1.14. The molecule has 0 aliphatic heterocycles. The Bertz CT molecular complexity index is 339. The molecule has 0 N–H and O–H groups in total. The maximum absolute atomic E-state index is 3.55.